The zero-order chi connectivity index (χ0) is 9.10. The average molecular weight is 183 g/mol. The minimum absolute atomic E-state index is 0.222. The predicted molar refractivity (Wildman–Crippen MR) is 50.5 cm³/mol. The maximum atomic E-state index is 11.0. The van der Waals surface area contributed by atoms with Crippen molar-refractivity contribution in [2.75, 3.05) is 32.7 Å². The summed E-state index contributed by atoms with van der Waals surface area (Å²) in [5, 5.41) is 6.32. The van der Waals surface area contributed by atoms with Crippen LogP contribution < -0.4 is 10.6 Å². The molecule has 2 saturated heterocycles. The minimum atomic E-state index is 0.222. The van der Waals surface area contributed by atoms with E-state index in [0.717, 1.165) is 45.6 Å². The van der Waals surface area contributed by atoms with Crippen LogP contribution >= 0.6 is 0 Å². The number of amides is 1. The Morgan fingerprint density at radius 3 is 2.77 bits per heavy atom. The van der Waals surface area contributed by atoms with Gasteiger partial charge in [0.1, 0.15) is 0 Å². The van der Waals surface area contributed by atoms with Crippen LogP contribution in [0.3, 0.4) is 0 Å². The largest absolute Gasteiger partial charge is 0.352 e. The zero-order valence-corrected chi connectivity index (χ0v) is 7.88. The van der Waals surface area contributed by atoms with Gasteiger partial charge in [0.05, 0.1) is 0 Å². The van der Waals surface area contributed by atoms with Crippen molar-refractivity contribution in [2.24, 2.45) is 0 Å². The molecule has 2 rings (SSSR count). The lowest BCUT2D eigenvalue weighted by Gasteiger charge is -2.29. The number of carbonyl (C=O) groups excluding carboxylic acids is 1. The Morgan fingerprint density at radius 1 is 1.38 bits per heavy atom. The van der Waals surface area contributed by atoms with Gasteiger partial charge in [0.2, 0.25) is 5.91 Å². The molecule has 0 aromatic carbocycles. The molecule has 2 aliphatic rings. The van der Waals surface area contributed by atoms with Crippen molar-refractivity contribution in [1.29, 1.82) is 0 Å². The highest BCUT2D eigenvalue weighted by Crippen LogP contribution is 2.08. The summed E-state index contributed by atoms with van der Waals surface area (Å²) in [7, 11) is 0. The van der Waals surface area contributed by atoms with E-state index in [0.29, 0.717) is 6.04 Å². The normalized spacial score (nSPS) is 30.5. The van der Waals surface area contributed by atoms with Gasteiger partial charge in [0, 0.05) is 45.2 Å². The lowest BCUT2D eigenvalue weighted by atomic mass is 10.2. The number of nitrogens with zero attached hydrogens (tertiary/aromatic N) is 1. The van der Waals surface area contributed by atoms with Crippen molar-refractivity contribution in [2.45, 2.75) is 18.9 Å². The van der Waals surface area contributed by atoms with E-state index in [4.69, 9.17) is 0 Å². The van der Waals surface area contributed by atoms with Gasteiger partial charge in [-0.3, -0.25) is 9.69 Å². The van der Waals surface area contributed by atoms with Crippen molar-refractivity contribution in [3.8, 4) is 0 Å². The van der Waals surface area contributed by atoms with Crippen LogP contribution in [0.25, 0.3) is 0 Å². The third kappa shape index (κ3) is 2.42. The summed E-state index contributed by atoms with van der Waals surface area (Å²) in [6.07, 6.45) is 1.74. The number of hydrogen-bond donors (Lipinski definition) is 2. The average Bonchev–Trinajstić information content (AvgIpc) is 2.53. The molecule has 0 radical (unpaired) electrons. The van der Waals surface area contributed by atoms with Gasteiger partial charge in [-0.15, -0.1) is 0 Å². The molecule has 4 heteroatoms. The smallest absolute Gasteiger partial charge is 0.220 e. The topological polar surface area (TPSA) is 44.4 Å². The summed E-state index contributed by atoms with van der Waals surface area (Å²) < 4.78 is 0. The van der Waals surface area contributed by atoms with E-state index >= 15 is 0 Å². The fourth-order valence-corrected chi connectivity index (χ4v) is 2.02. The number of rotatable bonds is 2. The highest BCUT2D eigenvalue weighted by molar-refractivity contribution is 5.78. The molecule has 2 fully saturated rings. The third-order valence-corrected chi connectivity index (χ3v) is 2.77. The van der Waals surface area contributed by atoms with Crippen LogP contribution in [0.2, 0.25) is 0 Å². The lowest BCUT2D eigenvalue weighted by Crippen LogP contribution is -2.48. The van der Waals surface area contributed by atoms with E-state index < -0.39 is 0 Å². The summed E-state index contributed by atoms with van der Waals surface area (Å²) in [6.45, 7) is 5.44. The van der Waals surface area contributed by atoms with Crippen LogP contribution in [0.1, 0.15) is 12.8 Å². The van der Waals surface area contributed by atoms with Gasteiger partial charge < -0.3 is 10.6 Å². The Hall–Kier alpha value is -0.610. The van der Waals surface area contributed by atoms with Crippen molar-refractivity contribution in [3.63, 3.8) is 0 Å². The molecule has 74 valence electrons. The van der Waals surface area contributed by atoms with Gasteiger partial charge in [0.15, 0.2) is 0 Å². The first-order chi connectivity index (χ1) is 6.34. The highest BCUT2D eigenvalue weighted by atomic mass is 16.1. The Kier molecular flexibility index (Phi) is 2.80. The summed E-state index contributed by atoms with van der Waals surface area (Å²) in [5.41, 5.74) is 0. The van der Waals surface area contributed by atoms with Crippen LogP contribution in [-0.4, -0.2) is 49.6 Å². The molecule has 1 atom stereocenters. The molecule has 0 aromatic heterocycles. The van der Waals surface area contributed by atoms with E-state index in [1.165, 1.54) is 0 Å². The van der Waals surface area contributed by atoms with E-state index in [2.05, 4.69) is 15.5 Å². The van der Waals surface area contributed by atoms with Crippen molar-refractivity contribution >= 4 is 5.91 Å². The Morgan fingerprint density at radius 2 is 2.15 bits per heavy atom. The number of carbonyl (C=O) groups is 1. The third-order valence-electron chi connectivity index (χ3n) is 2.77. The first-order valence-corrected chi connectivity index (χ1v) is 5.07. The quantitative estimate of drug-likeness (QED) is 0.587. The maximum Gasteiger partial charge on any atom is 0.220 e. The van der Waals surface area contributed by atoms with Gasteiger partial charge in [0.25, 0.3) is 0 Å². The molecule has 2 aliphatic heterocycles. The molecule has 2 heterocycles. The Labute approximate surface area is 78.7 Å². The second-order valence-electron chi connectivity index (χ2n) is 3.85. The second kappa shape index (κ2) is 4.07. The van der Waals surface area contributed by atoms with E-state index in [-0.39, 0.29) is 5.91 Å². The van der Waals surface area contributed by atoms with Gasteiger partial charge in [-0.25, -0.2) is 0 Å². The molecule has 0 spiro atoms. The number of hydrogen-bond acceptors (Lipinski definition) is 3. The van der Waals surface area contributed by atoms with E-state index in [9.17, 15) is 4.79 Å². The fourth-order valence-electron chi connectivity index (χ4n) is 2.02. The lowest BCUT2D eigenvalue weighted by molar-refractivity contribution is -0.119. The molecule has 1 amide bonds. The van der Waals surface area contributed by atoms with Crippen molar-refractivity contribution < 1.29 is 4.79 Å². The summed E-state index contributed by atoms with van der Waals surface area (Å²) in [6, 6.07) is 0.408. The minimum Gasteiger partial charge on any atom is -0.352 e. The summed E-state index contributed by atoms with van der Waals surface area (Å²) in [5.74, 6) is 0.222. The summed E-state index contributed by atoms with van der Waals surface area (Å²) in [4.78, 5) is 13.4. The second-order valence-corrected chi connectivity index (χ2v) is 3.85. The van der Waals surface area contributed by atoms with Gasteiger partial charge >= 0.3 is 0 Å². The van der Waals surface area contributed by atoms with Crippen LogP contribution in [0.15, 0.2) is 0 Å². The van der Waals surface area contributed by atoms with E-state index in [1.807, 2.05) is 0 Å². The van der Waals surface area contributed by atoms with E-state index in [1.54, 1.807) is 0 Å². The number of piperazine rings is 1. The van der Waals surface area contributed by atoms with Crippen LogP contribution in [-0.2, 0) is 4.79 Å². The molecule has 1 unspecified atom stereocenters. The molecular formula is C9H17N3O. The fraction of sp³-hybridized carbons (Fsp3) is 0.889. The molecule has 0 bridgehead atoms. The Bertz CT molecular complexity index is 189. The Balaban J connectivity index is 1.73. The molecule has 4 nitrogen and oxygen atoms in total. The summed E-state index contributed by atoms with van der Waals surface area (Å²) >= 11 is 0. The monoisotopic (exact) mass is 183 g/mol. The first kappa shape index (κ1) is 8.97. The van der Waals surface area contributed by atoms with Gasteiger partial charge in [-0.1, -0.05) is 0 Å². The van der Waals surface area contributed by atoms with Gasteiger partial charge in [-0.2, -0.15) is 0 Å². The van der Waals surface area contributed by atoms with Crippen LogP contribution in [0.4, 0.5) is 0 Å². The van der Waals surface area contributed by atoms with Crippen LogP contribution in [0, 0.1) is 0 Å². The SMILES string of the molecule is O=C1CCC(CN2CCNCC2)N1. The molecule has 0 aromatic rings. The molecule has 0 aliphatic carbocycles. The molecular weight excluding hydrogens is 166 g/mol. The highest BCUT2D eigenvalue weighted by Gasteiger charge is 2.23. The first-order valence-electron chi connectivity index (χ1n) is 5.07. The zero-order valence-electron chi connectivity index (χ0n) is 7.88. The maximum absolute atomic E-state index is 11.0. The number of nitrogens with one attached hydrogen (secondary N) is 2. The van der Waals surface area contributed by atoms with Gasteiger partial charge in [-0.05, 0) is 6.42 Å². The molecule has 13 heavy (non-hydrogen) atoms. The van der Waals surface area contributed by atoms with Crippen molar-refractivity contribution in [3.05, 3.63) is 0 Å². The van der Waals surface area contributed by atoms with Crippen molar-refractivity contribution in [1.82, 2.24) is 15.5 Å². The standard InChI is InChI=1S/C9H17N3O/c13-9-2-1-8(11-9)7-12-5-3-10-4-6-12/h8,10H,1-7H2,(H,11,13). The predicted octanol–water partition coefficient (Wildman–Crippen LogP) is -0.830. The molecule has 2 N–H and O–H groups in total. The van der Waals surface area contributed by atoms with Crippen LogP contribution in [0.5, 0.6) is 0 Å². The molecule has 0 saturated carbocycles.